The molecule has 6 heteroatoms. The largest absolute Gasteiger partial charge is 0.377 e. The lowest BCUT2D eigenvalue weighted by molar-refractivity contribution is -0.176. The van der Waals surface area contributed by atoms with E-state index >= 15 is 0 Å². The molecular formula is C19H29N5O. The molecule has 4 aliphatic rings. The molecule has 4 atom stereocenters. The Kier molecular flexibility index (Phi) is 3.86. The molecule has 0 bridgehead atoms. The Labute approximate surface area is 149 Å². The molecule has 0 unspecified atom stereocenters. The Morgan fingerprint density at radius 2 is 2.20 bits per heavy atom. The minimum atomic E-state index is 0.471. The van der Waals surface area contributed by atoms with Crippen LogP contribution in [0.4, 0.5) is 11.6 Å². The molecule has 25 heavy (non-hydrogen) atoms. The van der Waals surface area contributed by atoms with Crippen LogP contribution in [-0.4, -0.2) is 54.9 Å². The predicted molar refractivity (Wildman–Crippen MR) is 97.9 cm³/mol. The molecule has 1 aromatic rings. The number of rotatable bonds is 5. The maximum Gasteiger partial charge on any atom is 0.134 e. The van der Waals surface area contributed by atoms with Crippen LogP contribution in [0.1, 0.15) is 38.5 Å². The third-order valence-electron chi connectivity index (χ3n) is 7.19. The van der Waals surface area contributed by atoms with Gasteiger partial charge in [0.15, 0.2) is 0 Å². The van der Waals surface area contributed by atoms with E-state index in [1.807, 2.05) is 7.05 Å². The number of hydrogen-bond donors (Lipinski definition) is 2. The molecule has 1 spiro atoms. The lowest BCUT2D eigenvalue weighted by atomic mass is 9.46. The van der Waals surface area contributed by atoms with Gasteiger partial charge in [-0.3, -0.25) is 0 Å². The van der Waals surface area contributed by atoms with Gasteiger partial charge in [-0.2, -0.15) is 0 Å². The Bertz CT molecular complexity index is 634. The van der Waals surface area contributed by atoms with Crippen molar-refractivity contribution < 1.29 is 4.74 Å². The van der Waals surface area contributed by atoms with Gasteiger partial charge in [0.25, 0.3) is 0 Å². The van der Waals surface area contributed by atoms with Crippen LogP contribution in [0.2, 0.25) is 0 Å². The highest BCUT2D eigenvalue weighted by Gasteiger charge is 2.66. The van der Waals surface area contributed by atoms with Crippen molar-refractivity contribution in [1.82, 2.24) is 15.3 Å². The Morgan fingerprint density at radius 3 is 3.00 bits per heavy atom. The van der Waals surface area contributed by atoms with Gasteiger partial charge >= 0.3 is 0 Å². The minimum absolute atomic E-state index is 0.471. The number of aromatic nitrogens is 2. The van der Waals surface area contributed by atoms with E-state index in [-0.39, 0.29) is 0 Å². The van der Waals surface area contributed by atoms with E-state index in [0.717, 1.165) is 37.3 Å². The van der Waals surface area contributed by atoms with Crippen molar-refractivity contribution in [3.05, 3.63) is 12.4 Å². The second-order valence-electron chi connectivity index (χ2n) is 8.22. The lowest BCUT2D eigenvalue weighted by Crippen LogP contribution is -2.71. The van der Waals surface area contributed by atoms with Crippen molar-refractivity contribution in [3.63, 3.8) is 0 Å². The van der Waals surface area contributed by atoms with Crippen molar-refractivity contribution in [1.29, 1.82) is 0 Å². The zero-order chi connectivity index (χ0) is 16.9. The second-order valence-corrected chi connectivity index (χ2v) is 8.22. The van der Waals surface area contributed by atoms with Crippen LogP contribution in [0.5, 0.6) is 0 Å². The highest BCUT2D eigenvalue weighted by Crippen LogP contribution is 2.62. The van der Waals surface area contributed by atoms with Crippen LogP contribution in [0.15, 0.2) is 12.4 Å². The fourth-order valence-electron chi connectivity index (χ4n) is 5.81. The van der Waals surface area contributed by atoms with Crippen molar-refractivity contribution >= 4 is 11.6 Å². The standard InChI is InChI=1S/C19H29N5O/c1-20-15-10-16(23-12-22-15)24-8-2-4-13(24)11-21-17-14-5-9-25-18(14)19(17)6-3-7-19/h10,12-14,17-18,21H,2-9,11H2,1H3,(H,20,22,23)/t13-,14-,17-,18-/m1/s1. The van der Waals surface area contributed by atoms with Crippen LogP contribution >= 0.6 is 0 Å². The van der Waals surface area contributed by atoms with Crippen molar-refractivity contribution in [2.24, 2.45) is 11.3 Å². The first-order valence-corrected chi connectivity index (χ1v) is 9.93. The summed E-state index contributed by atoms with van der Waals surface area (Å²) in [6.45, 7) is 3.13. The molecule has 2 aliphatic carbocycles. The van der Waals surface area contributed by atoms with Crippen molar-refractivity contribution in [2.75, 3.05) is 37.0 Å². The first kappa shape index (κ1) is 15.8. The molecule has 0 amide bonds. The Balaban J connectivity index is 1.26. The zero-order valence-corrected chi connectivity index (χ0v) is 15.1. The summed E-state index contributed by atoms with van der Waals surface area (Å²) in [4.78, 5) is 11.2. The molecule has 2 aliphatic heterocycles. The molecule has 2 saturated heterocycles. The van der Waals surface area contributed by atoms with Gasteiger partial charge in [-0.1, -0.05) is 6.42 Å². The third-order valence-corrected chi connectivity index (χ3v) is 7.19. The average molecular weight is 343 g/mol. The molecule has 2 saturated carbocycles. The summed E-state index contributed by atoms with van der Waals surface area (Å²) in [5, 5.41) is 7.09. The molecule has 5 rings (SSSR count). The van der Waals surface area contributed by atoms with E-state index < -0.39 is 0 Å². The summed E-state index contributed by atoms with van der Waals surface area (Å²) >= 11 is 0. The van der Waals surface area contributed by atoms with Crippen molar-refractivity contribution in [2.45, 2.75) is 56.7 Å². The topological polar surface area (TPSA) is 62.3 Å². The lowest BCUT2D eigenvalue weighted by Gasteiger charge is -2.63. The highest BCUT2D eigenvalue weighted by atomic mass is 16.5. The summed E-state index contributed by atoms with van der Waals surface area (Å²) in [7, 11) is 1.91. The normalized spacial score (nSPS) is 35.3. The third kappa shape index (κ3) is 2.37. The maximum atomic E-state index is 6.05. The van der Waals surface area contributed by atoms with E-state index in [0.29, 0.717) is 23.6 Å². The smallest absolute Gasteiger partial charge is 0.134 e. The monoisotopic (exact) mass is 343 g/mol. The second kappa shape index (κ2) is 6.09. The number of fused-ring (bicyclic) bond motifs is 2. The van der Waals surface area contributed by atoms with Gasteiger partial charge in [-0.15, -0.1) is 0 Å². The first-order valence-electron chi connectivity index (χ1n) is 9.93. The summed E-state index contributed by atoms with van der Waals surface area (Å²) in [5.41, 5.74) is 0.471. The number of nitrogens with one attached hydrogen (secondary N) is 2. The number of nitrogens with zero attached hydrogens (tertiary/aromatic N) is 3. The average Bonchev–Trinajstić information content (AvgIpc) is 3.22. The molecule has 136 valence electrons. The molecule has 2 N–H and O–H groups in total. The van der Waals surface area contributed by atoms with Gasteiger partial charge in [0.1, 0.15) is 18.0 Å². The molecule has 0 aromatic carbocycles. The maximum absolute atomic E-state index is 6.05. The van der Waals surface area contributed by atoms with E-state index in [4.69, 9.17) is 4.74 Å². The molecule has 4 fully saturated rings. The van der Waals surface area contributed by atoms with Gasteiger partial charge in [-0.25, -0.2) is 9.97 Å². The summed E-state index contributed by atoms with van der Waals surface area (Å²) < 4.78 is 6.05. The quantitative estimate of drug-likeness (QED) is 0.853. The predicted octanol–water partition coefficient (Wildman–Crippen LogP) is 2.03. The number of hydrogen-bond acceptors (Lipinski definition) is 6. The summed E-state index contributed by atoms with van der Waals surface area (Å²) in [5.74, 6) is 2.70. The Morgan fingerprint density at radius 1 is 1.28 bits per heavy atom. The number of anilines is 2. The summed E-state index contributed by atoms with van der Waals surface area (Å²) in [6, 6.07) is 3.28. The van der Waals surface area contributed by atoms with E-state index in [2.05, 4.69) is 31.6 Å². The minimum Gasteiger partial charge on any atom is -0.377 e. The molecular weight excluding hydrogens is 314 g/mol. The van der Waals surface area contributed by atoms with Gasteiger partial charge < -0.3 is 20.3 Å². The molecule has 3 heterocycles. The van der Waals surface area contributed by atoms with E-state index in [9.17, 15) is 0 Å². The molecule has 1 aromatic heterocycles. The van der Waals surface area contributed by atoms with E-state index in [1.54, 1.807) is 6.33 Å². The first-order chi connectivity index (χ1) is 12.3. The van der Waals surface area contributed by atoms with Gasteiger partial charge in [0.2, 0.25) is 0 Å². The fraction of sp³-hybridized carbons (Fsp3) is 0.789. The zero-order valence-electron chi connectivity index (χ0n) is 15.1. The van der Waals surface area contributed by atoms with Gasteiger partial charge in [0.05, 0.1) is 6.10 Å². The molecule has 0 radical (unpaired) electrons. The SMILES string of the molecule is CNc1cc(N2CCC[C@@H]2CN[C@@H]2[C@H]3CCO[C@H]3C23CCC3)ncn1. The van der Waals surface area contributed by atoms with Crippen LogP contribution in [-0.2, 0) is 4.74 Å². The van der Waals surface area contributed by atoms with Gasteiger partial charge in [0, 0.05) is 56.2 Å². The van der Waals surface area contributed by atoms with Crippen LogP contribution in [0.3, 0.4) is 0 Å². The summed E-state index contributed by atoms with van der Waals surface area (Å²) in [6.07, 6.45) is 10.1. The molecule has 6 nitrogen and oxygen atoms in total. The van der Waals surface area contributed by atoms with E-state index in [1.165, 1.54) is 38.5 Å². The Hall–Kier alpha value is -1.40. The van der Waals surface area contributed by atoms with Crippen molar-refractivity contribution in [3.8, 4) is 0 Å². The van der Waals surface area contributed by atoms with Gasteiger partial charge in [-0.05, 0) is 32.1 Å². The fourth-order valence-corrected chi connectivity index (χ4v) is 5.81. The van der Waals surface area contributed by atoms with Crippen LogP contribution < -0.4 is 15.5 Å². The van der Waals surface area contributed by atoms with Crippen LogP contribution in [0.25, 0.3) is 0 Å². The number of ether oxygens (including phenoxy) is 1. The van der Waals surface area contributed by atoms with Crippen LogP contribution in [0, 0.1) is 11.3 Å². The highest BCUT2D eigenvalue weighted by molar-refractivity contribution is 5.49.